The SMILES string of the molecule is CCN(C(=O)C1CCCN(S(=O)(=O)c2cccs2)C1)C(C)c1cccc(OC)c1. The summed E-state index contributed by atoms with van der Waals surface area (Å²) in [4.78, 5) is 15.2. The molecule has 6 nitrogen and oxygen atoms in total. The van der Waals surface area contributed by atoms with Crippen LogP contribution in [0.5, 0.6) is 5.75 Å². The van der Waals surface area contributed by atoms with Crippen LogP contribution in [-0.4, -0.2) is 50.3 Å². The van der Waals surface area contributed by atoms with Crippen molar-refractivity contribution in [2.24, 2.45) is 5.92 Å². The maximum atomic E-state index is 13.3. The largest absolute Gasteiger partial charge is 0.497 e. The van der Waals surface area contributed by atoms with Crippen molar-refractivity contribution in [2.45, 2.75) is 36.9 Å². The summed E-state index contributed by atoms with van der Waals surface area (Å²) < 4.78 is 32.9. The van der Waals surface area contributed by atoms with Crippen LogP contribution < -0.4 is 4.74 Å². The van der Waals surface area contributed by atoms with Crippen molar-refractivity contribution in [3.63, 3.8) is 0 Å². The van der Waals surface area contributed by atoms with Gasteiger partial charge in [0.1, 0.15) is 9.96 Å². The zero-order chi connectivity index (χ0) is 21.0. The van der Waals surface area contributed by atoms with Gasteiger partial charge in [0.15, 0.2) is 0 Å². The molecule has 1 saturated heterocycles. The number of hydrogen-bond acceptors (Lipinski definition) is 5. The summed E-state index contributed by atoms with van der Waals surface area (Å²) in [5, 5.41) is 1.76. The van der Waals surface area contributed by atoms with E-state index in [0.29, 0.717) is 30.1 Å². The number of benzene rings is 1. The Bertz CT molecular complexity index is 928. The molecule has 2 heterocycles. The van der Waals surface area contributed by atoms with Gasteiger partial charge < -0.3 is 9.64 Å². The lowest BCUT2D eigenvalue weighted by Crippen LogP contribution is -2.47. The molecule has 0 aliphatic carbocycles. The standard InChI is InChI=1S/C21H28N2O4S2/c1-4-23(16(2)17-8-5-10-19(14-17)27-3)21(24)18-9-6-12-22(15-18)29(25,26)20-11-7-13-28-20/h5,7-8,10-11,13-14,16,18H,4,6,9,12,15H2,1-3H3. The zero-order valence-corrected chi connectivity index (χ0v) is 18.7. The number of piperidine rings is 1. The van der Waals surface area contributed by atoms with E-state index in [9.17, 15) is 13.2 Å². The minimum Gasteiger partial charge on any atom is -0.497 e. The van der Waals surface area contributed by atoms with E-state index in [2.05, 4.69) is 0 Å². The van der Waals surface area contributed by atoms with Crippen LogP contribution >= 0.6 is 11.3 Å². The highest BCUT2D eigenvalue weighted by atomic mass is 32.2. The predicted molar refractivity (Wildman–Crippen MR) is 115 cm³/mol. The van der Waals surface area contributed by atoms with E-state index in [-0.39, 0.29) is 24.4 Å². The van der Waals surface area contributed by atoms with Crippen molar-refractivity contribution in [2.75, 3.05) is 26.7 Å². The van der Waals surface area contributed by atoms with Crippen molar-refractivity contribution < 1.29 is 17.9 Å². The molecule has 1 amide bonds. The Hall–Kier alpha value is -1.90. The smallest absolute Gasteiger partial charge is 0.252 e. The van der Waals surface area contributed by atoms with Gasteiger partial charge >= 0.3 is 0 Å². The normalized spacial score (nSPS) is 18.9. The summed E-state index contributed by atoms with van der Waals surface area (Å²) in [5.41, 5.74) is 0.999. The molecule has 2 atom stereocenters. The van der Waals surface area contributed by atoms with Gasteiger partial charge in [-0.1, -0.05) is 18.2 Å². The Labute approximate surface area is 177 Å². The Morgan fingerprint density at radius 2 is 2.14 bits per heavy atom. The number of carbonyl (C=O) groups is 1. The van der Waals surface area contributed by atoms with Crippen LogP contribution in [0.15, 0.2) is 46.0 Å². The van der Waals surface area contributed by atoms with Gasteiger partial charge in [-0.15, -0.1) is 11.3 Å². The Morgan fingerprint density at radius 3 is 2.79 bits per heavy atom. The van der Waals surface area contributed by atoms with Gasteiger partial charge in [-0.2, -0.15) is 4.31 Å². The third-order valence-electron chi connectivity index (χ3n) is 5.49. The van der Waals surface area contributed by atoms with E-state index >= 15 is 0 Å². The van der Waals surface area contributed by atoms with Gasteiger partial charge in [0.05, 0.1) is 19.1 Å². The second-order valence-corrected chi connectivity index (χ2v) is 10.3. The number of nitrogens with zero attached hydrogens (tertiary/aromatic N) is 2. The molecule has 29 heavy (non-hydrogen) atoms. The van der Waals surface area contributed by atoms with Gasteiger partial charge in [-0.25, -0.2) is 8.42 Å². The number of methoxy groups -OCH3 is 1. The van der Waals surface area contributed by atoms with Crippen LogP contribution in [0.2, 0.25) is 0 Å². The molecule has 8 heteroatoms. The fourth-order valence-corrected chi connectivity index (χ4v) is 6.50. The number of sulfonamides is 1. The molecule has 1 fully saturated rings. The van der Waals surface area contributed by atoms with E-state index in [1.165, 1.54) is 15.6 Å². The topological polar surface area (TPSA) is 66.9 Å². The van der Waals surface area contributed by atoms with E-state index in [1.807, 2.05) is 43.0 Å². The maximum absolute atomic E-state index is 13.3. The highest BCUT2D eigenvalue weighted by molar-refractivity contribution is 7.91. The molecule has 1 aromatic heterocycles. The number of ether oxygens (including phenoxy) is 1. The molecular weight excluding hydrogens is 408 g/mol. The van der Waals surface area contributed by atoms with Crippen LogP contribution in [0.1, 0.15) is 38.3 Å². The highest BCUT2D eigenvalue weighted by Gasteiger charge is 2.36. The summed E-state index contributed by atoms with van der Waals surface area (Å²) in [7, 11) is -1.91. The molecule has 0 saturated carbocycles. The van der Waals surface area contributed by atoms with Crippen LogP contribution in [0.25, 0.3) is 0 Å². The molecule has 1 aliphatic rings. The third kappa shape index (κ3) is 4.65. The highest BCUT2D eigenvalue weighted by Crippen LogP contribution is 2.30. The van der Waals surface area contributed by atoms with E-state index in [0.717, 1.165) is 11.3 Å². The molecule has 0 bridgehead atoms. The minimum absolute atomic E-state index is 0.00824. The number of thiophene rings is 1. The molecule has 0 spiro atoms. The van der Waals surface area contributed by atoms with Crippen LogP contribution in [-0.2, 0) is 14.8 Å². The zero-order valence-electron chi connectivity index (χ0n) is 17.1. The minimum atomic E-state index is -3.53. The van der Waals surface area contributed by atoms with Crippen LogP contribution in [0.4, 0.5) is 0 Å². The van der Waals surface area contributed by atoms with Crippen LogP contribution in [0, 0.1) is 5.92 Å². The van der Waals surface area contributed by atoms with Crippen molar-refractivity contribution in [3.05, 3.63) is 47.3 Å². The predicted octanol–water partition coefficient (Wildman–Crippen LogP) is 3.77. The van der Waals surface area contributed by atoms with Crippen molar-refractivity contribution in [1.29, 1.82) is 0 Å². The fraction of sp³-hybridized carbons (Fsp3) is 0.476. The number of amides is 1. The fourth-order valence-electron chi connectivity index (χ4n) is 3.84. The van der Waals surface area contributed by atoms with Crippen LogP contribution in [0.3, 0.4) is 0 Å². The monoisotopic (exact) mass is 436 g/mol. The molecule has 2 aromatic rings. The molecule has 3 rings (SSSR count). The van der Waals surface area contributed by atoms with Crippen molar-refractivity contribution in [1.82, 2.24) is 9.21 Å². The van der Waals surface area contributed by atoms with Crippen molar-refractivity contribution in [3.8, 4) is 5.75 Å². The lowest BCUT2D eigenvalue weighted by atomic mass is 9.96. The second-order valence-electron chi connectivity index (χ2n) is 7.21. The second kappa shape index (κ2) is 9.28. The summed E-state index contributed by atoms with van der Waals surface area (Å²) in [6, 6.07) is 11.0. The molecule has 0 radical (unpaired) electrons. The van der Waals surface area contributed by atoms with Gasteiger partial charge in [-0.05, 0) is 55.8 Å². The first kappa shape index (κ1) is 21.8. The summed E-state index contributed by atoms with van der Waals surface area (Å²) in [6.45, 7) is 5.21. The Morgan fingerprint density at radius 1 is 1.34 bits per heavy atom. The van der Waals surface area contributed by atoms with E-state index in [4.69, 9.17) is 4.74 Å². The lowest BCUT2D eigenvalue weighted by Gasteiger charge is -2.36. The molecule has 0 N–H and O–H groups in total. The summed E-state index contributed by atoms with van der Waals surface area (Å²) in [5.74, 6) is 0.434. The van der Waals surface area contributed by atoms with Gasteiger partial charge in [0, 0.05) is 19.6 Å². The lowest BCUT2D eigenvalue weighted by molar-refractivity contribution is -0.138. The maximum Gasteiger partial charge on any atom is 0.252 e. The molecule has 158 valence electrons. The Kier molecular flexibility index (Phi) is 6.97. The average molecular weight is 437 g/mol. The third-order valence-corrected chi connectivity index (χ3v) is 8.73. The number of rotatable bonds is 7. The first-order valence-electron chi connectivity index (χ1n) is 9.86. The summed E-state index contributed by atoms with van der Waals surface area (Å²) in [6.07, 6.45) is 1.39. The first-order valence-corrected chi connectivity index (χ1v) is 12.2. The van der Waals surface area contributed by atoms with Crippen molar-refractivity contribution >= 4 is 27.3 Å². The Balaban J connectivity index is 1.76. The number of hydrogen-bond donors (Lipinski definition) is 0. The molecular formula is C21H28N2O4S2. The first-order chi connectivity index (χ1) is 13.9. The molecule has 1 aromatic carbocycles. The van der Waals surface area contributed by atoms with Gasteiger partial charge in [0.2, 0.25) is 5.91 Å². The van der Waals surface area contributed by atoms with Gasteiger partial charge in [0.25, 0.3) is 10.0 Å². The van der Waals surface area contributed by atoms with E-state index in [1.54, 1.807) is 24.6 Å². The quantitative estimate of drug-likeness (QED) is 0.663. The molecule has 1 aliphatic heterocycles. The average Bonchev–Trinajstić information content (AvgIpc) is 3.30. The van der Waals surface area contributed by atoms with Gasteiger partial charge in [-0.3, -0.25) is 4.79 Å². The number of carbonyl (C=O) groups excluding carboxylic acids is 1. The van der Waals surface area contributed by atoms with E-state index < -0.39 is 10.0 Å². The molecule has 2 unspecified atom stereocenters. The summed E-state index contributed by atoms with van der Waals surface area (Å²) >= 11 is 1.21.